The van der Waals surface area contributed by atoms with Crippen molar-refractivity contribution in [2.75, 3.05) is 13.1 Å². The Labute approximate surface area is 111 Å². The van der Waals surface area contributed by atoms with Crippen molar-refractivity contribution < 1.29 is 4.39 Å². The van der Waals surface area contributed by atoms with Gasteiger partial charge in [-0.2, -0.15) is 5.10 Å². The monoisotopic (exact) mass is 270 g/mol. The fraction of sp³-hybridized carbons (Fsp3) is 0.417. The first-order valence-corrected chi connectivity index (χ1v) is 5.93. The van der Waals surface area contributed by atoms with E-state index in [0.29, 0.717) is 11.6 Å². The van der Waals surface area contributed by atoms with Crippen LogP contribution in [0.4, 0.5) is 4.39 Å². The average molecular weight is 271 g/mol. The van der Waals surface area contributed by atoms with Gasteiger partial charge in [-0.1, -0.05) is 0 Å². The van der Waals surface area contributed by atoms with Gasteiger partial charge in [0.1, 0.15) is 11.5 Å². The smallest absolute Gasteiger partial charge is 0.141 e. The molecule has 0 bridgehead atoms. The number of nitrogens with one attached hydrogen (secondary N) is 3. The lowest BCUT2D eigenvalue weighted by atomic mass is 9.96. The highest BCUT2D eigenvalue weighted by molar-refractivity contribution is 5.85. The summed E-state index contributed by atoms with van der Waals surface area (Å²) in [6.07, 6.45) is 3.70. The molecule has 0 amide bonds. The first-order valence-electron chi connectivity index (χ1n) is 5.93. The van der Waals surface area contributed by atoms with E-state index in [9.17, 15) is 4.39 Å². The number of aromatic amines is 2. The minimum Gasteiger partial charge on any atom is -0.357 e. The van der Waals surface area contributed by atoms with Crippen LogP contribution in [-0.2, 0) is 0 Å². The first kappa shape index (κ1) is 13.1. The zero-order valence-corrected chi connectivity index (χ0v) is 10.7. The molecule has 98 valence electrons. The molecule has 1 aliphatic rings. The number of hydrogen-bond donors (Lipinski definition) is 3. The van der Waals surface area contributed by atoms with E-state index >= 15 is 0 Å². The van der Waals surface area contributed by atoms with Crippen LogP contribution in [0.25, 0.3) is 11.4 Å². The topological polar surface area (TPSA) is 56.5 Å². The Balaban J connectivity index is 0.00000120. The van der Waals surface area contributed by atoms with Crippen molar-refractivity contribution in [3.05, 3.63) is 29.8 Å². The molecule has 4 nitrogen and oxygen atoms in total. The Morgan fingerprint density at radius 2 is 2.22 bits per heavy atom. The summed E-state index contributed by atoms with van der Waals surface area (Å²) >= 11 is 0. The fourth-order valence-corrected chi connectivity index (χ4v) is 2.32. The van der Waals surface area contributed by atoms with Crippen LogP contribution in [0, 0.1) is 5.82 Å². The van der Waals surface area contributed by atoms with Gasteiger partial charge in [0, 0.05) is 30.4 Å². The predicted octanol–water partition coefficient (Wildman–Crippen LogP) is 2.43. The number of rotatable bonds is 2. The standard InChI is InChI=1S/C12H15FN4.ClH/c13-9-4-11(15-7-9)12-5-10(16-17-12)8-2-1-3-14-6-8;/h4-5,7-8,14-15H,1-3,6H2,(H,16,17);1H/t8-;/m0./s1. The SMILES string of the molecule is Cl.Fc1c[nH]c(-c2cc([C@H]3CCCNC3)[nH]n2)c1. The summed E-state index contributed by atoms with van der Waals surface area (Å²) in [6, 6.07) is 3.46. The molecule has 1 fully saturated rings. The molecule has 1 atom stereocenters. The molecule has 0 aliphatic carbocycles. The van der Waals surface area contributed by atoms with E-state index in [4.69, 9.17) is 0 Å². The maximum absolute atomic E-state index is 12.9. The number of aromatic nitrogens is 3. The van der Waals surface area contributed by atoms with E-state index in [-0.39, 0.29) is 18.2 Å². The van der Waals surface area contributed by atoms with E-state index in [2.05, 4.69) is 20.5 Å². The first-order chi connectivity index (χ1) is 8.33. The zero-order chi connectivity index (χ0) is 11.7. The lowest BCUT2D eigenvalue weighted by molar-refractivity contribution is 0.454. The molecular formula is C12H16ClFN4. The molecule has 2 aromatic heterocycles. The van der Waals surface area contributed by atoms with E-state index in [1.165, 1.54) is 25.1 Å². The Kier molecular flexibility index (Phi) is 4.04. The van der Waals surface area contributed by atoms with Crippen LogP contribution in [0.15, 0.2) is 18.3 Å². The van der Waals surface area contributed by atoms with Crippen molar-refractivity contribution in [1.29, 1.82) is 0 Å². The second kappa shape index (κ2) is 5.54. The minimum absolute atomic E-state index is 0. The number of H-pyrrole nitrogens is 2. The van der Waals surface area contributed by atoms with Crippen molar-refractivity contribution in [2.24, 2.45) is 0 Å². The van der Waals surface area contributed by atoms with Gasteiger partial charge in [-0.15, -0.1) is 12.4 Å². The zero-order valence-electron chi connectivity index (χ0n) is 9.87. The molecule has 0 radical (unpaired) electrons. The molecule has 0 saturated carbocycles. The molecule has 3 N–H and O–H groups in total. The van der Waals surface area contributed by atoms with Crippen molar-refractivity contribution in [2.45, 2.75) is 18.8 Å². The summed E-state index contributed by atoms with van der Waals surface area (Å²) in [4.78, 5) is 2.86. The van der Waals surface area contributed by atoms with Gasteiger partial charge >= 0.3 is 0 Å². The summed E-state index contributed by atoms with van der Waals surface area (Å²) < 4.78 is 12.9. The van der Waals surface area contributed by atoms with Gasteiger partial charge in [-0.05, 0) is 25.5 Å². The Morgan fingerprint density at radius 1 is 1.33 bits per heavy atom. The average Bonchev–Trinajstić information content (AvgIpc) is 2.98. The molecule has 3 heterocycles. The van der Waals surface area contributed by atoms with Crippen LogP contribution >= 0.6 is 12.4 Å². The van der Waals surface area contributed by atoms with E-state index < -0.39 is 0 Å². The van der Waals surface area contributed by atoms with Crippen molar-refractivity contribution in [1.82, 2.24) is 20.5 Å². The fourth-order valence-electron chi connectivity index (χ4n) is 2.32. The lowest BCUT2D eigenvalue weighted by Crippen LogP contribution is -2.28. The van der Waals surface area contributed by atoms with Gasteiger partial charge in [0.2, 0.25) is 0 Å². The molecule has 0 spiro atoms. The lowest BCUT2D eigenvalue weighted by Gasteiger charge is -2.21. The quantitative estimate of drug-likeness (QED) is 0.785. The second-order valence-corrected chi connectivity index (χ2v) is 4.48. The van der Waals surface area contributed by atoms with Gasteiger partial charge < -0.3 is 10.3 Å². The molecule has 1 aliphatic heterocycles. The van der Waals surface area contributed by atoms with Crippen LogP contribution < -0.4 is 5.32 Å². The molecule has 6 heteroatoms. The summed E-state index contributed by atoms with van der Waals surface area (Å²) in [5, 5.41) is 10.6. The third-order valence-electron chi connectivity index (χ3n) is 3.26. The molecule has 2 aromatic rings. The van der Waals surface area contributed by atoms with Crippen LogP contribution in [0.1, 0.15) is 24.5 Å². The highest BCUT2D eigenvalue weighted by Gasteiger charge is 2.18. The Morgan fingerprint density at radius 3 is 2.89 bits per heavy atom. The summed E-state index contributed by atoms with van der Waals surface area (Å²) in [5.41, 5.74) is 2.62. The number of piperidine rings is 1. The number of nitrogens with zero attached hydrogens (tertiary/aromatic N) is 1. The van der Waals surface area contributed by atoms with Crippen LogP contribution in [-0.4, -0.2) is 28.3 Å². The van der Waals surface area contributed by atoms with Gasteiger partial charge in [0.05, 0.1) is 5.69 Å². The van der Waals surface area contributed by atoms with E-state index in [1.807, 2.05) is 6.07 Å². The molecule has 0 unspecified atom stereocenters. The largest absolute Gasteiger partial charge is 0.357 e. The van der Waals surface area contributed by atoms with E-state index in [0.717, 1.165) is 24.5 Å². The third kappa shape index (κ3) is 2.57. The third-order valence-corrected chi connectivity index (χ3v) is 3.26. The molecular weight excluding hydrogens is 255 g/mol. The summed E-state index contributed by atoms with van der Waals surface area (Å²) in [5.74, 6) is 0.230. The van der Waals surface area contributed by atoms with Crippen molar-refractivity contribution in [3.8, 4) is 11.4 Å². The van der Waals surface area contributed by atoms with Crippen LogP contribution in [0.3, 0.4) is 0 Å². The summed E-state index contributed by atoms with van der Waals surface area (Å²) in [7, 11) is 0. The number of hydrogen-bond acceptors (Lipinski definition) is 2. The molecule has 1 saturated heterocycles. The number of halogens is 2. The minimum atomic E-state index is -0.260. The van der Waals surface area contributed by atoms with Gasteiger partial charge in [-0.25, -0.2) is 4.39 Å². The maximum Gasteiger partial charge on any atom is 0.141 e. The van der Waals surface area contributed by atoms with Crippen molar-refractivity contribution in [3.63, 3.8) is 0 Å². The highest BCUT2D eigenvalue weighted by Crippen LogP contribution is 2.25. The van der Waals surface area contributed by atoms with Crippen LogP contribution in [0.2, 0.25) is 0 Å². The maximum atomic E-state index is 12.9. The molecule has 0 aromatic carbocycles. The second-order valence-electron chi connectivity index (χ2n) is 4.48. The van der Waals surface area contributed by atoms with Gasteiger partial charge in [0.15, 0.2) is 0 Å². The van der Waals surface area contributed by atoms with Gasteiger partial charge in [-0.3, -0.25) is 5.10 Å². The Hall–Kier alpha value is -1.33. The molecule has 3 rings (SSSR count). The summed E-state index contributed by atoms with van der Waals surface area (Å²) in [6.45, 7) is 2.08. The van der Waals surface area contributed by atoms with Crippen LogP contribution in [0.5, 0.6) is 0 Å². The van der Waals surface area contributed by atoms with Gasteiger partial charge in [0.25, 0.3) is 0 Å². The van der Waals surface area contributed by atoms with E-state index in [1.54, 1.807) is 0 Å². The highest BCUT2D eigenvalue weighted by atomic mass is 35.5. The predicted molar refractivity (Wildman–Crippen MR) is 70.4 cm³/mol. The molecule has 18 heavy (non-hydrogen) atoms. The Bertz CT molecular complexity index is 502. The van der Waals surface area contributed by atoms with Crippen molar-refractivity contribution >= 4 is 12.4 Å². The normalized spacial score (nSPS) is 19.5.